The second-order valence-electron chi connectivity index (χ2n) is 6.96. The molecule has 1 amide bonds. The monoisotopic (exact) mass is 390 g/mol. The normalized spacial score (nSPS) is 16.9. The van der Waals surface area contributed by atoms with Crippen LogP contribution in [0.1, 0.15) is 23.9 Å². The van der Waals surface area contributed by atoms with Crippen LogP contribution < -0.4 is 5.56 Å². The summed E-state index contributed by atoms with van der Waals surface area (Å²) in [6.45, 7) is 0.688. The molecule has 4 aromatic rings. The van der Waals surface area contributed by atoms with E-state index in [1.54, 1.807) is 29.5 Å². The van der Waals surface area contributed by atoms with Crippen LogP contribution in [-0.2, 0) is 11.3 Å². The van der Waals surface area contributed by atoms with Crippen molar-refractivity contribution in [2.45, 2.75) is 25.4 Å². The molecule has 7 heteroatoms. The maximum Gasteiger partial charge on any atom is 0.261 e. The van der Waals surface area contributed by atoms with Crippen molar-refractivity contribution in [3.63, 3.8) is 0 Å². The summed E-state index contributed by atoms with van der Waals surface area (Å²) in [5, 5.41) is 1.50. The van der Waals surface area contributed by atoms with Gasteiger partial charge in [0.15, 0.2) is 0 Å². The van der Waals surface area contributed by atoms with Crippen LogP contribution in [0.2, 0.25) is 0 Å². The third kappa shape index (κ3) is 2.88. The molecule has 1 aliphatic heterocycles. The molecule has 140 valence electrons. The summed E-state index contributed by atoms with van der Waals surface area (Å²) in [6, 6.07) is 15.2. The highest BCUT2D eigenvalue weighted by atomic mass is 32.1. The zero-order chi connectivity index (χ0) is 19.1. The topological polar surface area (TPSA) is 68.1 Å². The van der Waals surface area contributed by atoms with E-state index < -0.39 is 0 Å². The number of fused-ring (bicyclic) bond motifs is 2. The molecular formula is C21H18N4O2S. The van der Waals surface area contributed by atoms with E-state index in [-0.39, 0.29) is 24.1 Å². The Morgan fingerprint density at radius 2 is 1.89 bits per heavy atom. The number of nitrogens with zero attached hydrogens (tertiary/aromatic N) is 4. The minimum atomic E-state index is -0.185. The predicted octanol–water partition coefficient (Wildman–Crippen LogP) is 3.37. The smallest absolute Gasteiger partial charge is 0.261 e. The molecule has 0 radical (unpaired) electrons. The minimum absolute atomic E-state index is 0.00192. The molecule has 1 aliphatic rings. The SMILES string of the molecule is O=C(Cn1cnc2ccccc2c1=O)N1CCC[C@H]1c1nc2ccccc2s1. The van der Waals surface area contributed by atoms with Gasteiger partial charge in [0.05, 0.1) is 33.5 Å². The molecule has 0 saturated carbocycles. The largest absolute Gasteiger partial charge is 0.332 e. The van der Waals surface area contributed by atoms with E-state index in [0.717, 1.165) is 28.1 Å². The second kappa shape index (κ2) is 6.83. The van der Waals surface area contributed by atoms with Gasteiger partial charge in [0.1, 0.15) is 11.6 Å². The van der Waals surface area contributed by atoms with Crippen LogP contribution in [0.4, 0.5) is 0 Å². The molecule has 0 unspecified atom stereocenters. The molecule has 0 aliphatic carbocycles. The van der Waals surface area contributed by atoms with Crippen LogP contribution in [-0.4, -0.2) is 31.9 Å². The lowest BCUT2D eigenvalue weighted by atomic mass is 10.2. The lowest BCUT2D eigenvalue weighted by Crippen LogP contribution is -2.36. The van der Waals surface area contributed by atoms with E-state index >= 15 is 0 Å². The first-order valence-corrected chi connectivity index (χ1v) is 10.1. The molecule has 2 aromatic heterocycles. The Balaban J connectivity index is 1.43. The van der Waals surface area contributed by atoms with Crippen molar-refractivity contribution in [3.05, 3.63) is 70.2 Å². The van der Waals surface area contributed by atoms with E-state index in [4.69, 9.17) is 4.98 Å². The van der Waals surface area contributed by atoms with Gasteiger partial charge in [0.2, 0.25) is 5.91 Å². The third-order valence-electron chi connectivity index (χ3n) is 5.21. The number of rotatable bonds is 3. The number of benzene rings is 2. The number of thiazole rings is 1. The van der Waals surface area contributed by atoms with Gasteiger partial charge in [-0.25, -0.2) is 9.97 Å². The van der Waals surface area contributed by atoms with Crippen LogP contribution in [0, 0.1) is 0 Å². The van der Waals surface area contributed by atoms with Gasteiger partial charge >= 0.3 is 0 Å². The predicted molar refractivity (Wildman–Crippen MR) is 109 cm³/mol. The summed E-state index contributed by atoms with van der Waals surface area (Å²) < 4.78 is 2.53. The maximum absolute atomic E-state index is 13.0. The number of carbonyl (C=O) groups is 1. The van der Waals surface area contributed by atoms with Gasteiger partial charge in [-0.2, -0.15) is 0 Å². The lowest BCUT2D eigenvalue weighted by Gasteiger charge is -2.23. The van der Waals surface area contributed by atoms with Crippen LogP contribution in [0.3, 0.4) is 0 Å². The molecule has 6 nitrogen and oxygen atoms in total. The molecule has 0 N–H and O–H groups in total. The van der Waals surface area contributed by atoms with Gasteiger partial charge < -0.3 is 4.90 Å². The van der Waals surface area contributed by atoms with Gasteiger partial charge in [-0.05, 0) is 37.1 Å². The molecule has 1 fully saturated rings. The summed E-state index contributed by atoms with van der Waals surface area (Å²) >= 11 is 1.64. The number of amides is 1. The van der Waals surface area contributed by atoms with Crippen LogP contribution in [0.5, 0.6) is 0 Å². The zero-order valence-corrected chi connectivity index (χ0v) is 15.9. The number of para-hydroxylation sites is 2. The van der Waals surface area contributed by atoms with E-state index in [9.17, 15) is 9.59 Å². The molecule has 5 rings (SSSR count). The van der Waals surface area contributed by atoms with Gasteiger partial charge in [-0.15, -0.1) is 11.3 Å². The molecule has 1 saturated heterocycles. The Morgan fingerprint density at radius 3 is 2.75 bits per heavy atom. The van der Waals surface area contributed by atoms with Crippen LogP contribution in [0.25, 0.3) is 21.1 Å². The van der Waals surface area contributed by atoms with Crippen molar-refractivity contribution in [2.24, 2.45) is 0 Å². The maximum atomic E-state index is 13.0. The Morgan fingerprint density at radius 1 is 1.11 bits per heavy atom. The molecular weight excluding hydrogens is 372 g/mol. The summed E-state index contributed by atoms with van der Waals surface area (Å²) in [5.41, 5.74) is 1.43. The molecule has 2 aromatic carbocycles. The summed E-state index contributed by atoms with van der Waals surface area (Å²) in [4.78, 5) is 36.6. The fraction of sp³-hybridized carbons (Fsp3) is 0.238. The zero-order valence-electron chi connectivity index (χ0n) is 15.1. The second-order valence-corrected chi connectivity index (χ2v) is 8.02. The molecule has 0 spiro atoms. The van der Waals surface area contributed by atoms with Gasteiger partial charge in [-0.3, -0.25) is 14.2 Å². The standard InChI is InChI=1S/C21H18N4O2S/c26-19(12-24-13-22-15-7-2-1-6-14(15)21(24)27)25-11-5-9-17(25)20-23-16-8-3-4-10-18(16)28-20/h1-4,6-8,10,13,17H,5,9,11-12H2/t17-/m0/s1. The number of likely N-dealkylation sites (tertiary alicyclic amines) is 1. The molecule has 3 heterocycles. The van der Waals surface area contributed by atoms with Gasteiger partial charge in [0, 0.05) is 6.54 Å². The van der Waals surface area contributed by atoms with Crippen molar-refractivity contribution in [1.29, 1.82) is 0 Å². The van der Waals surface area contributed by atoms with Crippen molar-refractivity contribution in [2.75, 3.05) is 6.54 Å². The van der Waals surface area contributed by atoms with Gasteiger partial charge in [-0.1, -0.05) is 24.3 Å². The van der Waals surface area contributed by atoms with Crippen molar-refractivity contribution >= 4 is 38.4 Å². The summed E-state index contributed by atoms with van der Waals surface area (Å²) in [7, 11) is 0. The average molecular weight is 390 g/mol. The highest BCUT2D eigenvalue weighted by Gasteiger charge is 2.32. The van der Waals surface area contributed by atoms with E-state index in [1.165, 1.54) is 10.9 Å². The van der Waals surface area contributed by atoms with E-state index in [2.05, 4.69) is 11.1 Å². The summed E-state index contributed by atoms with van der Waals surface area (Å²) in [5.74, 6) is -0.0686. The quantitative estimate of drug-likeness (QED) is 0.538. The van der Waals surface area contributed by atoms with Gasteiger partial charge in [0.25, 0.3) is 5.56 Å². The molecule has 1 atom stereocenters. The first kappa shape index (κ1) is 17.1. The van der Waals surface area contributed by atoms with Crippen LogP contribution in [0.15, 0.2) is 59.7 Å². The summed E-state index contributed by atoms with van der Waals surface area (Å²) in [6.07, 6.45) is 3.30. The number of hydrogen-bond acceptors (Lipinski definition) is 5. The van der Waals surface area contributed by atoms with Crippen molar-refractivity contribution in [1.82, 2.24) is 19.4 Å². The Kier molecular flexibility index (Phi) is 4.16. The molecule has 28 heavy (non-hydrogen) atoms. The number of carbonyl (C=O) groups excluding carboxylic acids is 1. The van der Waals surface area contributed by atoms with E-state index in [0.29, 0.717) is 17.4 Å². The first-order valence-electron chi connectivity index (χ1n) is 9.30. The fourth-order valence-electron chi connectivity index (χ4n) is 3.81. The highest BCUT2D eigenvalue weighted by molar-refractivity contribution is 7.18. The lowest BCUT2D eigenvalue weighted by molar-refractivity contribution is -0.132. The molecule has 0 bridgehead atoms. The Hall–Kier alpha value is -3.06. The first-order chi connectivity index (χ1) is 13.7. The Labute approximate surface area is 165 Å². The highest BCUT2D eigenvalue weighted by Crippen LogP contribution is 2.36. The number of hydrogen-bond donors (Lipinski definition) is 0. The van der Waals surface area contributed by atoms with Crippen molar-refractivity contribution in [3.8, 4) is 0 Å². The van der Waals surface area contributed by atoms with E-state index in [1.807, 2.05) is 29.2 Å². The van der Waals surface area contributed by atoms with Crippen LogP contribution >= 0.6 is 11.3 Å². The minimum Gasteiger partial charge on any atom is -0.332 e. The van der Waals surface area contributed by atoms with Crippen molar-refractivity contribution < 1.29 is 4.79 Å². The average Bonchev–Trinajstić information content (AvgIpc) is 3.37. The fourth-order valence-corrected chi connectivity index (χ4v) is 4.93. The Bertz CT molecular complexity index is 1210. The number of aromatic nitrogens is 3. The third-order valence-corrected chi connectivity index (χ3v) is 6.34.